The summed E-state index contributed by atoms with van der Waals surface area (Å²) in [7, 11) is 2.04. The van der Waals surface area contributed by atoms with Gasteiger partial charge in [0.2, 0.25) is 0 Å². The minimum atomic E-state index is 0.369. The summed E-state index contributed by atoms with van der Waals surface area (Å²) in [5, 5.41) is 9.21. The predicted molar refractivity (Wildman–Crippen MR) is 86.9 cm³/mol. The van der Waals surface area contributed by atoms with E-state index in [-0.39, 0.29) is 0 Å². The zero-order chi connectivity index (χ0) is 14.4. The molecule has 0 bridgehead atoms. The molecule has 5 heteroatoms. The second-order valence-corrected chi connectivity index (χ2v) is 6.91. The molecule has 0 fully saturated rings. The molecule has 2 heterocycles. The Morgan fingerprint density at radius 1 is 1.38 bits per heavy atom. The molecule has 4 rings (SSSR count). The normalized spacial score (nSPS) is 17.9. The van der Waals surface area contributed by atoms with Crippen molar-refractivity contribution >= 4 is 27.2 Å². The van der Waals surface area contributed by atoms with E-state index in [4.69, 9.17) is 0 Å². The summed E-state index contributed by atoms with van der Waals surface area (Å²) >= 11 is 1.75. The third-order valence-electron chi connectivity index (χ3n) is 4.21. The molecule has 2 aromatic heterocycles. The quantitative estimate of drug-likeness (QED) is 0.782. The number of nitrogens with one attached hydrogen (secondary N) is 1. The van der Waals surface area contributed by atoms with Crippen LogP contribution in [0.5, 0.6) is 0 Å². The van der Waals surface area contributed by atoms with E-state index in [0.717, 1.165) is 16.9 Å². The molecule has 1 unspecified atom stereocenters. The number of anilines is 1. The molecular weight excluding hydrogens is 280 g/mol. The Balaban J connectivity index is 1.65. The largest absolute Gasteiger partial charge is 0.378 e. The first-order valence-electron chi connectivity index (χ1n) is 7.35. The molecule has 3 aromatic rings. The molecule has 0 saturated heterocycles. The van der Waals surface area contributed by atoms with Crippen molar-refractivity contribution in [2.75, 3.05) is 5.32 Å². The van der Waals surface area contributed by atoms with Gasteiger partial charge in [0.05, 0.1) is 27.5 Å². The molecule has 0 radical (unpaired) electrons. The smallest absolute Gasteiger partial charge is 0.0907 e. The lowest BCUT2D eigenvalue weighted by molar-refractivity contribution is 0.571. The van der Waals surface area contributed by atoms with Gasteiger partial charge in [-0.3, -0.25) is 4.68 Å². The van der Waals surface area contributed by atoms with Crippen LogP contribution in [0.4, 0.5) is 5.69 Å². The van der Waals surface area contributed by atoms with Crippen molar-refractivity contribution in [3.05, 3.63) is 40.7 Å². The molecule has 1 atom stereocenters. The highest BCUT2D eigenvalue weighted by Crippen LogP contribution is 2.33. The Bertz CT molecular complexity index is 802. The minimum Gasteiger partial charge on any atom is -0.378 e. The van der Waals surface area contributed by atoms with Crippen LogP contribution in [0.2, 0.25) is 0 Å². The van der Waals surface area contributed by atoms with Crippen LogP contribution >= 0.6 is 11.3 Å². The molecule has 0 amide bonds. The number of rotatable bonds is 2. The van der Waals surface area contributed by atoms with Crippen molar-refractivity contribution in [3.63, 3.8) is 0 Å². The lowest BCUT2D eigenvalue weighted by Crippen LogP contribution is -2.17. The lowest BCUT2D eigenvalue weighted by atomic mass is 9.93. The predicted octanol–water partition coefficient (Wildman–Crippen LogP) is 3.83. The summed E-state index contributed by atoms with van der Waals surface area (Å²) in [4.78, 5) is 4.52. The third kappa shape index (κ3) is 2.21. The van der Waals surface area contributed by atoms with Crippen molar-refractivity contribution in [2.24, 2.45) is 7.05 Å². The highest BCUT2D eigenvalue weighted by Gasteiger charge is 2.23. The standard InChI is InChI=1S/C16H18N4S/c1-10-18-14-7-6-11(8-16(14)21-10)19-13-4-3-5-15-12(13)9-17-20(15)2/h6-9,13,19H,3-5H2,1-2H3. The maximum Gasteiger partial charge on any atom is 0.0907 e. The highest BCUT2D eigenvalue weighted by atomic mass is 32.1. The molecule has 1 aliphatic rings. The average molecular weight is 298 g/mol. The van der Waals surface area contributed by atoms with Crippen LogP contribution in [0.25, 0.3) is 10.2 Å². The second-order valence-electron chi connectivity index (χ2n) is 5.67. The molecule has 1 aromatic carbocycles. The first-order chi connectivity index (χ1) is 10.2. The first-order valence-corrected chi connectivity index (χ1v) is 8.17. The van der Waals surface area contributed by atoms with Crippen LogP contribution in [0.15, 0.2) is 24.4 Å². The topological polar surface area (TPSA) is 42.7 Å². The van der Waals surface area contributed by atoms with Gasteiger partial charge in [-0.15, -0.1) is 11.3 Å². The summed E-state index contributed by atoms with van der Waals surface area (Å²) in [6.07, 6.45) is 5.53. The van der Waals surface area contributed by atoms with Crippen LogP contribution < -0.4 is 5.32 Å². The van der Waals surface area contributed by atoms with E-state index >= 15 is 0 Å². The van der Waals surface area contributed by atoms with Crippen LogP contribution in [0.3, 0.4) is 0 Å². The average Bonchev–Trinajstić information content (AvgIpc) is 3.02. The fourth-order valence-corrected chi connectivity index (χ4v) is 4.05. The van der Waals surface area contributed by atoms with Gasteiger partial charge in [-0.2, -0.15) is 5.10 Å². The Kier molecular flexibility index (Phi) is 2.96. The van der Waals surface area contributed by atoms with Gasteiger partial charge in [0, 0.05) is 24.0 Å². The molecule has 4 nitrogen and oxygen atoms in total. The lowest BCUT2D eigenvalue weighted by Gasteiger charge is -2.24. The van der Waals surface area contributed by atoms with Gasteiger partial charge in [-0.25, -0.2) is 4.98 Å². The van der Waals surface area contributed by atoms with Crippen molar-refractivity contribution in [2.45, 2.75) is 32.2 Å². The Morgan fingerprint density at radius 2 is 2.29 bits per heavy atom. The fraction of sp³-hybridized carbons (Fsp3) is 0.375. The Hall–Kier alpha value is -1.88. The number of benzene rings is 1. The van der Waals surface area contributed by atoms with Crippen molar-refractivity contribution in [1.29, 1.82) is 0 Å². The molecule has 0 spiro atoms. The third-order valence-corrected chi connectivity index (χ3v) is 5.15. The van der Waals surface area contributed by atoms with Gasteiger partial charge in [0.1, 0.15) is 0 Å². The monoisotopic (exact) mass is 298 g/mol. The molecule has 1 N–H and O–H groups in total. The molecule has 1 aliphatic carbocycles. The van der Waals surface area contributed by atoms with Gasteiger partial charge in [-0.05, 0) is 44.4 Å². The van der Waals surface area contributed by atoms with Gasteiger partial charge in [0.15, 0.2) is 0 Å². The Labute approximate surface area is 127 Å². The van der Waals surface area contributed by atoms with Gasteiger partial charge >= 0.3 is 0 Å². The van der Waals surface area contributed by atoms with Crippen LogP contribution in [-0.2, 0) is 13.5 Å². The van der Waals surface area contributed by atoms with E-state index in [9.17, 15) is 0 Å². The van der Waals surface area contributed by atoms with Crippen molar-refractivity contribution in [3.8, 4) is 0 Å². The molecule has 21 heavy (non-hydrogen) atoms. The van der Waals surface area contributed by atoms with Crippen molar-refractivity contribution in [1.82, 2.24) is 14.8 Å². The zero-order valence-corrected chi connectivity index (χ0v) is 13.1. The number of aryl methyl sites for hydroxylation is 2. The van der Waals surface area contributed by atoms with E-state index < -0.39 is 0 Å². The summed E-state index contributed by atoms with van der Waals surface area (Å²) in [5.74, 6) is 0. The zero-order valence-electron chi connectivity index (χ0n) is 12.3. The van der Waals surface area contributed by atoms with E-state index in [0.29, 0.717) is 6.04 Å². The first kappa shape index (κ1) is 12.8. The molecular formula is C16H18N4S. The van der Waals surface area contributed by atoms with Gasteiger partial charge in [-0.1, -0.05) is 0 Å². The number of thiazole rings is 1. The van der Waals surface area contributed by atoms with Crippen LogP contribution in [-0.4, -0.2) is 14.8 Å². The number of nitrogens with zero attached hydrogens (tertiary/aromatic N) is 3. The second kappa shape index (κ2) is 4.84. The van der Waals surface area contributed by atoms with E-state index in [1.165, 1.54) is 34.5 Å². The molecule has 108 valence electrons. The fourth-order valence-electron chi connectivity index (χ4n) is 3.19. The number of hydrogen-bond donors (Lipinski definition) is 1. The maximum atomic E-state index is 4.52. The maximum absolute atomic E-state index is 4.52. The summed E-state index contributed by atoms with van der Waals surface area (Å²) < 4.78 is 3.26. The van der Waals surface area contributed by atoms with E-state index in [1.807, 2.05) is 17.9 Å². The van der Waals surface area contributed by atoms with E-state index in [2.05, 4.69) is 40.5 Å². The summed E-state index contributed by atoms with van der Waals surface area (Å²) in [6.45, 7) is 2.06. The number of fused-ring (bicyclic) bond motifs is 2. The summed E-state index contributed by atoms with van der Waals surface area (Å²) in [5.41, 5.74) is 4.99. The highest BCUT2D eigenvalue weighted by molar-refractivity contribution is 7.18. The van der Waals surface area contributed by atoms with Crippen LogP contribution in [0.1, 0.15) is 35.1 Å². The van der Waals surface area contributed by atoms with Crippen molar-refractivity contribution < 1.29 is 0 Å². The van der Waals surface area contributed by atoms with Gasteiger partial charge < -0.3 is 5.32 Å². The molecule has 0 aliphatic heterocycles. The Morgan fingerprint density at radius 3 is 3.19 bits per heavy atom. The SMILES string of the molecule is Cc1nc2ccc(NC3CCCc4c3cnn4C)cc2s1. The minimum absolute atomic E-state index is 0.369. The van der Waals surface area contributed by atoms with E-state index in [1.54, 1.807) is 11.3 Å². The summed E-state index contributed by atoms with van der Waals surface area (Å²) in [6, 6.07) is 6.82. The number of hydrogen-bond acceptors (Lipinski definition) is 4. The molecule has 0 saturated carbocycles. The van der Waals surface area contributed by atoms with Crippen LogP contribution in [0, 0.1) is 6.92 Å². The van der Waals surface area contributed by atoms with Gasteiger partial charge in [0.25, 0.3) is 0 Å². The number of aromatic nitrogens is 3.